The van der Waals surface area contributed by atoms with Crippen LogP contribution in [0.5, 0.6) is 0 Å². The van der Waals surface area contributed by atoms with Crippen LogP contribution in [0.1, 0.15) is 10.5 Å². The van der Waals surface area contributed by atoms with Crippen molar-refractivity contribution in [1.29, 1.82) is 0 Å². The first-order chi connectivity index (χ1) is 8.38. The largest absolute Gasteiger partial charge is 0.296 e. The summed E-state index contributed by atoms with van der Waals surface area (Å²) in [7, 11) is 0. The zero-order chi connectivity index (χ0) is 11.7. The van der Waals surface area contributed by atoms with E-state index in [9.17, 15) is 4.79 Å². The van der Waals surface area contributed by atoms with Crippen LogP contribution in [0.4, 0.5) is 0 Å². The summed E-state index contributed by atoms with van der Waals surface area (Å²) in [5, 5.41) is 9.71. The second-order valence-electron chi connectivity index (χ2n) is 3.58. The van der Waals surface area contributed by atoms with Gasteiger partial charge in [0.15, 0.2) is 6.29 Å². The number of fused-ring (bicyclic) bond motifs is 1. The van der Waals surface area contributed by atoms with E-state index in [1.54, 1.807) is 23.3 Å². The van der Waals surface area contributed by atoms with Crippen molar-refractivity contribution in [2.45, 2.75) is 0 Å². The molecule has 0 saturated heterocycles. The molecule has 2 aromatic heterocycles. The maximum atomic E-state index is 10.6. The van der Waals surface area contributed by atoms with Crippen molar-refractivity contribution in [1.82, 2.24) is 20.0 Å². The summed E-state index contributed by atoms with van der Waals surface area (Å²) in [5.74, 6) is 0. The lowest BCUT2D eigenvalue weighted by Gasteiger charge is -2.04. The van der Waals surface area contributed by atoms with Crippen molar-refractivity contribution in [3.05, 3.63) is 48.5 Å². The Morgan fingerprint density at radius 1 is 1.24 bits per heavy atom. The fourth-order valence-electron chi connectivity index (χ4n) is 1.75. The lowest BCUT2D eigenvalue weighted by Crippen LogP contribution is -1.96. The Hall–Kier alpha value is -2.56. The smallest absolute Gasteiger partial charge is 0.171 e. The highest BCUT2D eigenvalue weighted by Crippen LogP contribution is 2.20. The number of aldehydes is 1. The van der Waals surface area contributed by atoms with Gasteiger partial charge in [0.05, 0.1) is 11.9 Å². The van der Waals surface area contributed by atoms with Crippen LogP contribution in [0, 0.1) is 0 Å². The Bertz CT molecular complexity index is 684. The standard InChI is InChI=1S/C12H8N4O/c17-8-10-7-16(15-14-10)12-3-1-2-9-6-13-5-4-11(9)12/h1-8H. The Balaban J connectivity index is 2.26. The highest BCUT2D eigenvalue weighted by Gasteiger charge is 2.05. The number of carbonyl (C=O) groups excluding carboxylic acids is 1. The highest BCUT2D eigenvalue weighted by atomic mass is 16.1. The molecule has 0 atom stereocenters. The van der Waals surface area contributed by atoms with E-state index in [2.05, 4.69) is 15.3 Å². The van der Waals surface area contributed by atoms with Crippen molar-refractivity contribution in [3.63, 3.8) is 0 Å². The summed E-state index contributed by atoms with van der Waals surface area (Å²) in [6.45, 7) is 0. The van der Waals surface area contributed by atoms with Crippen molar-refractivity contribution >= 4 is 17.1 Å². The van der Waals surface area contributed by atoms with E-state index < -0.39 is 0 Å². The van der Waals surface area contributed by atoms with Crippen LogP contribution in [0.25, 0.3) is 16.5 Å². The zero-order valence-corrected chi connectivity index (χ0v) is 8.82. The van der Waals surface area contributed by atoms with Crippen LogP contribution >= 0.6 is 0 Å². The molecular formula is C12H8N4O. The van der Waals surface area contributed by atoms with E-state index >= 15 is 0 Å². The van der Waals surface area contributed by atoms with Gasteiger partial charge in [-0.1, -0.05) is 17.3 Å². The van der Waals surface area contributed by atoms with Crippen molar-refractivity contribution in [2.75, 3.05) is 0 Å². The molecule has 2 heterocycles. The number of aromatic nitrogens is 4. The molecule has 82 valence electrons. The average molecular weight is 224 g/mol. The summed E-state index contributed by atoms with van der Waals surface area (Å²) in [6, 6.07) is 7.73. The van der Waals surface area contributed by atoms with E-state index in [1.807, 2.05) is 24.3 Å². The van der Waals surface area contributed by atoms with E-state index in [0.29, 0.717) is 12.0 Å². The van der Waals surface area contributed by atoms with Crippen molar-refractivity contribution in [2.24, 2.45) is 0 Å². The zero-order valence-electron chi connectivity index (χ0n) is 8.82. The molecule has 0 fully saturated rings. The molecule has 17 heavy (non-hydrogen) atoms. The topological polar surface area (TPSA) is 60.7 Å². The van der Waals surface area contributed by atoms with Gasteiger partial charge in [-0.2, -0.15) is 0 Å². The molecule has 0 amide bonds. The maximum absolute atomic E-state index is 10.6. The molecule has 0 aliphatic carbocycles. The molecule has 0 aliphatic heterocycles. The van der Waals surface area contributed by atoms with Gasteiger partial charge in [-0.15, -0.1) is 5.10 Å². The molecule has 1 aromatic carbocycles. The van der Waals surface area contributed by atoms with E-state index in [-0.39, 0.29) is 0 Å². The molecule has 0 aliphatic rings. The fourth-order valence-corrected chi connectivity index (χ4v) is 1.75. The number of hydrogen-bond acceptors (Lipinski definition) is 4. The summed E-state index contributed by atoms with van der Waals surface area (Å²) in [5.41, 5.74) is 1.20. The third kappa shape index (κ3) is 1.57. The van der Waals surface area contributed by atoms with Gasteiger partial charge in [-0.05, 0) is 12.1 Å². The lowest BCUT2D eigenvalue weighted by atomic mass is 10.1. The minimum Gasteiger partial charge on any atom is -0.296 e. The molecule has 0 saturated carbocycles. The van der Waals surface area contributed by atoms with Crippen LogP contribution in [0.3, 0.4) is 0 Å². The van der Waals surface area contributed by atoms with Gasteiger partial charge >= 0.3 is 0 Å². The van der Waals surface area contributed by atoms with Gasteiger partial charge in [-0.25, -0.2) is 4.68 Å². The Morgan fingerprint density at radius 3 is 3.00 bits per heavy atom. The minimum atomic E-state index is 0.316. The van der Waals surface area contributed by atoms with Crippen molar-refractivity contribution in [3.8, 4) is 5.69 Å². The van der Waals surface area contributed by atoms with Gasteiger partial charge in [0.1, 0.15) is 5.69 Å². The SMILES string of the molecule is O=Cc1cn(-c2cccc3cnccc23)nn1. The molecule has 5 nitrogen and oxygen atoms in total. The number of hydrogen-bond donors (Lipinski definition) is 0. The van der Waals surface area contributed by atoms with Crippen LogP contribution in [0.2, 0.25) is 0 Å². The van der Waals surface area contributed by atoms with Crippen LogP contribution in [0.15, 0.2) is 42.9 Å². The third-order valence-corrected chi connectivity index (χ3v) is 2.54. The second-order valence-corrected chi connectivity index (χ2v) is 3.58. The van der Waals surface area contributed by atoms with Crippen LogP contribution < -0.4 is 0 Å². The quantitative estimate of drug-likeness (QED) is 0.621. The molecule has 3 aromatic rings. The lowest BCUT2D eigenvalue weighted by molar-refractivity contribution is 0.111. The average Bonchev–Trinajstić information content (AvgIpc) is 2.87. The molecule has 0 radical (unpaired) electrons. The van der Waals surface area contributed by atoms with Gasteiger partial charge in [0.2, 0.25) is 0 Å². The Morgan fingerprint density at radius 2 is 2.18 bits per heavy atom. The van der Waals surface area contributed by atoms with E-state index in [1.165, 1.54) is 0 Å². The number of carbonyl (C=O) groups is 1. The summed E-state index contributed by atoms with van der Waals surface area (Å²) < 4.78 is 1.59. The summed E-state index contributed by atoms with van der Waals surface area (Å²) in [6.07, 6.45) is 5.79. The molecule has 0 unspecified atom stereocenters. The van der Waals surface area contributed by atoms with Gasteiger partial charge in [0.25, 0.3) is 0 Å². The molecule has 0 N–H and O–H groups in total. The first-order valence-corrected chi connectivity index (χ1v) is 5.09. The molecular weight excluding hydrogens is 216 g/mol. The maximum Gasteiger partial charge on any atom is 0.171 e. The number of benzene rings is 1. The monoisotopic (exact) mass is 224 g/mol. The van der Waals surface area contributed by atoms with E-state index in [0.717, 1.165) is 16.5 Å². The molecule has 0 bridgehead atoms. The minimum absolute atomic E-state index is 0.316. The summed E-state index contributed by atoms with van der Waals surface area (Å²) in [4.78, 5) is 14.7. The van der Waals surface area contributed by atoms with Crippen LogP contribution in [-0.4, -0.2) is 26.3 Å². The first kappa shape index (κ1) is 9.65. The molecule has 3 rings (SSSR count). The Kier molecular flexibility index (Phi) is 2.15. The Labute approximate surface area is 96.7 Å². The predicted octanol–water partition coefficient (Wildman–Crippen LogP) is 1.63. The van der Waals surface area contributed by atoms with Gasteiger partial charge in [-0.3, -0.25) is 9.78 Å². The normalized spacial score (nSPS) is 10.6. The number of nitrogens with zero attached hydrogens (tertiary/aromatic N) is 4. The highest BCUT2D eigenvalue weighted by molar-refractivity contribution is 5.89. The fraction of sp³-hybridized carbons (Fsp3) is 0. The predicted molar refractivity (Wildman–Crippen MR) is 62.0 cm³/mol. The first-order valence-electron chi connectivity index (χ1n) is 5.09. The van der Waals surface area contributed by atoms with Gasteiger partial charge in [0, 0.05) is 23.2 Å². The number of pyridine rings is 1. The van der Waals surface area contributed by atoms with E-state index in [4.69, 9.17) is 0 Å². The van der Waals surface area contributed by atoms with Crippen LogP contribution in [-0.2, 0) is 0 Å². The second kappa shape index (κ2) is 3.79. The number of rotatable bonds is 2. The summed E-state index contributed by atoms with van der Waals surface area (Å²) >= 11 is 0. The molecule has 5 heteroatoms. The molecule has 0 spiro atoms. The van der Waals surface area contributed by atoms with Crippen molar-refractivity contribution < 1.29 is 4.79 Å². The third-order valence-electron chi connectivity index (χ3n) is 2.54. The van der Waals surface area contributed by atoms with Gasteiger partial charge < -0.3 is 0 Å².